The number of nitrogens with one attached hydrogen (secondary N) is 1. The number of nitrogens with two attached hydrogens (primary N) is 1. The highest BCUT2D eigenvalue weighted by Crippen LogP contribution is 2.31. The van der Waals surface area contributed by atoms with Crippen molar-refractivity contribution in [2.24, 2.45) is 10.7 Å². The van der Waals surface area contributed by atoms with Gasteiger partial charge >= 0.3 is 0 Å². The first kappa shape index (κ1) is 26.1. The highest BCUT2D eigenvalue weighted by atomic mass is 127. The van der Waals surface area contributed by atoms with Gasteiger partial charge in [0.15, 0.2) is 17.5 Å². The van der Waals surface area contributed by atoms with Crippen LogP contribution in [-0.4, -0.2) is 51.8 Å². The zero-order valence-electron chi connectivity index (χ0n) is 19.2. The minimum absolute atomic E-state index is 0. The topological polar surface area (TPSA) is 81.3 Å². The standard InChI is InChI=1S/C24H34N4O3.HI/c1-29-21-10-6-5-9-19(21)20(28-13-7-4-8-14-28)17-27-24(25)26-16-18-11-12-22(30-2)23(15-18)31-3;/h5-6,9-12,15,20H,4,7-8,13-14,16-17H2,1-3H3,(H3,25,26,27);1H. The summed E-state index contributed by atoms with van der Waals surface area (Å²) in [6.07, 6.45) is 3.72. The van der Waals surface area contributed by atoms with Crippen LogP contribution < -0.4 is 25.3 Å². The van der Waals surface area contributed by atoms with Crippen LogP contribution >= 0.6 is 24.0 Å². The van der Waals surface area contributed by atoms with Gasteiger partial charge in [0, 0.05) is 12.1 Å². The summed E-state index contributed by atoms with van der Waals surface area (Å²) in [6.45, 7) is 3.28. The van der Waals surface area contributed by atoms with E-state index in [1.165, 1.54) is 24.8 Å². The third-order valence-electron chi connectivity index (χ3n) is 5.69. The lowest BCUT2D eigenvalue weighted by Gasteiger charge is -2.35. The number of aliphatic imine (C=N–C) groups is 1. The van der Waals surface area contributed by atoms with Gasteiger partial charge < -0.3 is 25.3 Å². The predicted molar refractivity (Wildman–Crippen MR) is 139 cm³/mol. The van der Waals surface area contributed by atoms with E-state index in [0.29, 0.717) is 30.5 Å². The molecule has 2 aromatic rings. The molecule has 0 aliphatic carbocycles. The minimum Gasteiger partial charge on any atom is -0.496 e. The van der Waals surface area contributed by atoms with Crippen LogP contribution in [0, 0.1) is 0 Å². The first-order valence-electron chi connectivity index (χ1n) is 10.8. The molecule has 1 aliphatic rings. The lowest BCUT2D eigenvalue weighted by atomic mass is 10.0. The number of piperidine rings is 1. The number of likely N-dealkylation sites (tertiary alicyclic amines) is 1. The van der Waals surface area contributed by atoms with Crippen LogP contribution in [-0.2, 0) is 6.54 Å². The zero-order chi connectivity index (χ0) is 22.1. The van der Waals surface area contributed by atoms with Crippen LogP contribution in [0.1, 0.15) is 36.4 Å². The average Bonchev–Trinajstić information content (AvgIpc) is 2.83. The second kappa shape index (κ2) is 13.4. The number of hydrogen-bond acceptors (Lipinski definition) is 5. The van der Waals surface area contributed by atoms with Crippen molar-refractivity contribution in [1.82, 2.24) is 10.2 Å². The van der Waals surface area contributed by atoms with Gasteiger partial charge in [-0.2, -0.15) is 0 Å². The van der Waals surface area contributed by atoms with E-state index in [4.69, 9.17) is 19.9 Å². The molecule has 0 aromatic heterocycles. The van der Waals surface area contributed by atoms with E-state index in [0.717, 1.165) is 24.4 Å². The van der Waals surface area contributed by atoms with Gasteiger partial charge in [-0.15, -0.1) is 24.0 Å². The molecular weight excluding hydrogens is 519 g/mol. The molecule has 1 saturated heterocycles. The maximum Gasteiger partial charge on any atom is 0.188 e. The van der Waals surface area contributed by atoms with Gasteiger partial charge in [0.1, 0.15) is 5.75 Å². The van der Waals surface area contributed by atoms with Gasteiger partial charge in [-0.05, 0) is 49.7 Å². The number of benzene rings is 2. The van der Waals surface area contributed by atoms with Crippen molar-refractivity contribution < 1.29 is 14.2 Å². The monoisotopic (exact) mass is 554 g/mol. The Bertz CT molecular complexity index is 872. The summed E-state index contributed by atoms with van der Waals surface area (Å²) < 4.78 is 16.3. The second-order valence-corrected chi connectivity index (χ2v) is 7.63. The number of guanidine groups is 1. The Kier molecular flexibility index (Phi) is 10.9. The summed E-state index contributed by atoms with van der Waals surface area (Å²) in [6, 6.07) is 14.1. The first-order valence-corrected chi connectivity index (χ1v) is 10.8. The van der Waals surface area contributed by atoms with Crippen molar-refractivity contribution in [2.45, 2.75) is 31.8 Å². The van der Waals surface area contributed by atoms with Crippen LogP contribution in [0.2, 0.25) is 0 Å². The molecule has 0 spiro atoms. The third-order valence-corrected chi connectivity index (χ3v) is 5.69. The normalized spacial score (nSPS) is 15.4. The fraction of sp³-hybridized carbons (Fsp3) is 0.458. The molecule has 176 valence electrons. The van der Waals surface area contributed by atoms with E-state index < -0.39 is 0 Å². The number of rotatable bonds is 9. The van der Waals surface area contributed by atoms with Crippen LogP contribution in [0.5, 0.6) is 17.2 Å². The van der Waals surface area contributed by atoms with Gasteiger partial charge in [0.2, 0.25) is 0 Å². The summed E-state index contributed by atoms with van der Waals surface area (Å²) in [7, 11) is 4.97. The molecule has 2 aromatic carbocycles. The Balaban J connectivity index is 0.00000363. The fourth-order valence-electron chi connectivity index (χ4n) is 4.02. The van der Waals surface area contributed by atoms with Crippen LogP contribution in [0.4, 0.5) is 0 Å². The third kappa shape index (κ3) is 6.90. The highest BCUT2D eigenvalue weighted by Gasteiger charge is 2.24. The number of halogens is 1. The molecule has 8 heteroatoms. The quantitative estimate of drug-likeness (QED) is 0.278. The smallest absolute Gasteiger partial charge is 0.188 e. The van der Waals surface area contributed by atoms with Crippen molar-refractivity contribution in [3.8, 4) is 17.2 Å². The summed E-state index contributed by atoms with van der Waals surface area (Å²) in [5, 5.41) is 3.33. The maximum absolute atomic E-state index is 6.21. The number of para-hydroxylation sites is 1. The lowest BCUT2D eigenvalue weighted by molar-refractivity contribution is 0.161. The molecule has 0 radical (unpaired) electrons. The summed E-state index contributed by atoms with van der Waals surface area (Å²) >= 11 is 0. The summed E-state index contributed by atoms with van der Waals surface area (Å²) in [5.41, 5.74) is 8.38. The number of hydrogen-bond donors (Lipinski definition) is 2. The lowest BCUT2D eigenvalue weighted by Crippen LogP contribution is -2.42. The summed E-state index contributed by atoms with van der Waals surface area (Å²) in [5.74, 6) is 2.71. The van der Waals surface area contributed by atoms with Gasteiger partial charge in [-0.1, -0.05) is 30.7 Å². The molecule has 3 N–H and O–H groups in total. The molecule has 1 atom stereocenters. The Labute approximate surface area is 208 Å². The van der Waals surface area contributed by atoms with Crippen molar-refractivity contribution in [3.05, 3.63) is 53.6 Å². The fourth-order valence-corrected chi connectivity index (χ4v) is 4.02. The Morgan fingerprint density at radius 3 is 2.34 bits per heavy atom. The number of nitrogens with zero attached hydrogens (tertiary/aromatic N) is 2. The van der Waals surface area contributed by atoms with Gasteiger partial charge in [0.05, 0.1) is 33.9 Å². The first-order chi connectivity index (χ1) is 15.2. The van der Waals surface area contributed by atoms with E-state index in [-0.39, 0.29) is 30.0 Å². The molecule has 1 unspecified atom stereocenters. The average molecular weight is 554 g/mol. The molecular formula is C24H35IN4O3. The number of ether oxygens (including phenoxy) is 3. The minimum atomic E-state index is 0. The van der Waals surface area contributed by atoms with E-state index in [1.807, 2.05) is 30.3 Å². The molecule has 0 bridgehead atoms. The Morgan fingerprint density at radius 1 is 0.969 bits per heavy atom. The molecule has 32 heavy (non-hydrogen) atoms. The second-order valence-electron chi connectivity index (χ2n) is 7.63. The largest absolute Gasteiger partial charge is 0.496 e. The molecule has 0 amide bonds. The highest BCUT2D eigenvalue weighted by molar-refractivity contribution is 14.0. The molecule has 1 heterocycles. The van der Waals surface area contributed by atoms with Crippen LogP contribution in [0.15, 0.2) is 47.5 Å². The van der Waals surface area contributed by atoms with Crippen molar-refractivity contribution >= 4 is 29.9 Å². The Morgan fingerprint density at radius 2 is 1.66 bits per heavy atom. The SMILES string of the molecule is COc1ccc(CN=C(N)NCC(c2ccccc2OC)N2CCCCC2)cc1OC.I. The van der Waals surface area contributed by atoms with Gasteiger partial charge in [-0.3, -0.25) is 4.90 Å². The van der Waals surface area contributed by atoms with Crippen molar-refractivity contribution in [2.75, 3.05) is 41.0 Å². The molecule has 1 aliphatic heterocycles. The molecule has 3 rings (SSSR count). The molecule has 7 nitrogen and oxygen atoms in total. The number of methoxy groups -OCH3 is 3. The van der Waals surface area contributed by atoms with E-state index >= 15 is 0 Å². The van der Waals surface area contributed by atoms with Crippen molar-refractivity contribution in [3.63, 3.8) is 0 Å². The van der Waals surface area contributed by atoms with Gasteiger partial charge in [-0.25, -0.2) is 4.99 Å². The van der Waals surface area contributed by atoms with Crippen molar-refractivity contribution in [1.29, 1.82) is 0 Å². The van der Waals surface area contributed by atoms with E-state index in [1.54, 1.807) is 21.3 Å². The summed E-state index contributed by atoms with van der Waals surface area (Å²) in [4.78, 5) is 7.03. The van der Waals surface area contributed by atoms with Crippen LogP contribution in [0.3, 0.4) is 0 Å². The van der Waals surface area contributed by atoms with E-state index in [9.17, 15) is 0 Å². The zero-order valence-corrected chi connectivity index (χ0v) is 21.5. The van der Waals surface area contributed by atoms with Gasteiger partial charge in [0.25, 0.3) is 0 Å². The molecule has 0 saturated carbocycles. The maximum atomic E-state index is 6.21. The molecule has 1 fully saturated rings. The van der Waals surface area contributed by atoms with E-state index in [2.05, 4.69) is 27.3 Å². The Hall–Kier alpha value is -2.20. The predicted octanol–water partition coefficient (Wildman–Crippen LogP) is 3.96. The van der Waals surface area contributed by atoms with Crippen LogP contribution in [0.25, 0.3) is 0 Å².